The highest BCUT2D eigenvalue weighted by Crippen LogP contribution is 2.42. The lowest BCUT2D eigenvalue weighted by Crippen LogP contribution is -2.39. The number of furan rings is 1. The fraction of sp³-hybridized carbons (Fsp3) is 0. The molecule has 0 aliphatic heterocycles. The lowest BCUT2D eigenvalue weighted by Gasteiger charge is -2.22. The van der Waals surface area contributed by atoms with E-state index in [4.69, 9.17) is 42.9 Å². The zero-order valence-corrected chi connectivity index (χ0v) is 36.2. The Kier molecular flexibility index (Phi) is 8.89. The van der Waals surface area contributed by atoms with Gasteiger partial charge in [0, 0.05) is 54.7 Å². The van der Waals surface area contributed by atoms with E-state index in [1.54, 1.807) is 0 Å². The van der Waals surface area contributed by atoms with Crippen LogP contribution in [0.4, 0.5) is 0 Å². The van der Waals surface area contributed by atoms with Crippen molar-refractivity contribution in [3.63, 3.8) is 0 Å². The minimum absolute atomic E-state index is 0.0939. The molecule has 0 aliphatic rings. The highest BCUT2D eigenvalue weighted by molar-refractivity contribution is 6.56. The van der Waals surface area contributed by atoms with Crippen LogP contribution in [0.5, 0.6) is 0 Å². The second-order valence-corrected chi connectivity index (χ2v) is 16.9. The summed E-state index contributed by atoms with van der Waals surface area (Å²) >= 11 is 0. The average Bonchev–Trinajstić information content (AvgIpc) is 4.05. The average molecular weight is 860 g/mol. The molecule has 10 heteroatoms. The van der Waals surface area contributed by atoms with Gasteiger partial charge >= 0.3 is 0 Å². The van der Waals surface area contributed by atoms with E-state index >= 15 is 0 Å². The summed E-state index contributed by atoms with van der Waals surface area (Å²) < 4.78 is 10.5. The second-order valence-electron chi connectivity index (χ2n) is 16.9. The lowest BCUT2D eigenvalue weighted by molar-refractivity contribution is 0.669. The second kappa shape index (κ2) is 15.3. The van der Waals surface area contributed by atoms with E-state index in [1.165, 1.54) is 0 Å². The number of benzene rings is 9. The Labute approximate surface area is 393 Å². The van der Waals surface area contributed by atoms with Crippen LogP contribution in [-0.2, 0) is 0 Å². The molecule has 0 spiro atoms. The number of para-hydroxylation sites is 4. The molecule has 0 saturated heterocycles. The van der Waals surface area contributed by atoms with E-state index in [9.17, 15) is 5.26 Å². The van der Waals surface area contributed by atoms with Crippen molar-refractivity contribution in [3.8, 4) is 62.7 Å². The van der Waals surface area contributed by atoms with Crippen molar-refractivity contribution < 1.29 is 4.42 Å². The van der Waals surface area contributed by atoms with Gasteiger partial charge in [-0.2, -0.15) is 5.26 Å². The summed E-state index contributed by atoms with van der Waals surface area (Å²) in [5, 5.41) is 17.2. The summed E-state index contributed by atoms with van der Waals surface area (Å²) in [6.07, 6.45) is 0. The Morgan fingerprint density at radius 1 is 0.426 bits per heavy atom. The molecule has 0 N–H and O–H groups in total. The number of rotatable bonds is 6. The molecule has 308 valence electrons. The Bertz CT molecular complexity index is 4260. The normalized spacial score (nSPS) is 11.7. The van der Waals surface area contributed by atoms with Crippen molar-refractivity contribution in [1.29, 1.82) is 5.26 Å². The molecular formula is C58H31B3N6O. The maximum absolute atomic E-state index is 11.3. The number of fused-ring (bicyclic) bond motifs is 10. The van der Waals surface area contributed by atoms with Crippen molar-refractivity contribution in [1.82, 2.24) is 24.1 Å². The number of hydrogen-bond acceptors (Lipinski definition) is 5. The van der Waals surface area contributed by atoms with Crippen LogP contribution in [0, 0.1) is 11.3 Å². The molecule has 68 heavy (non-hydrogen) atoms. The van der Waals surface area contributed by atoms with Gasteiger partial charge in [-0.25, -0.2) is 15.0 Å². The van der Waals surface area contributed by atoms with Gasteiger partial charge in [0.05, 0.1) is 33.3 Å². The highest BCUT2D eigenvalue weighted by atomic mass is 16.3. The molecule has 0 atom stereocenters. The van der Waals surface area contributed by atoms with Crippen LogP contribution in [0.25, 0.3) is 122 Å². The third kappa shape index (κ3) is 5.92. The summed E-state index contributed by atoms with van der Waals surface area (Å²) in [5.74, 6) is 0.939. The van der Waals surface area contributed by atoms with E-state index in [2.05, 4.69) is 81.9 Å². The molecule has 13 aromatic rings. The number of nitrogens with zero attached hydrogens (tertiary/aromatic N) is 6. The molecule has 0 fully saturated rings. The van der Waals surface area contributed by atoms with Crippen LogP contribution < -0.4 is 16.4 Å². The predicted octanol–water partition coefficient (Wildman–Crippen LogP) is 10.9. The molecule has 0 saturated carbocycles. The van der Waals surface area contributed by atoms with Gasteiger partial charge in [0.25, 0.3) is 0 Å². The van der Waals surface area contributed by atoms with E-state index in [0.717, 1.165) is 93.5 Å². The summed E-state index contributed by atoms with van der Waals surface area (Å²) in [7, 11) is 21.9. The fourth-order valence-electron chi connectivity index (χ4n) is 10.1. The Morgan fingerprint density at radius 2 is 1.03 bits per heavy atom. The van der Waals surface area contributed by atoms with Crippen LogP contribution in [0.1, 0.15) is 5.56 Å². The van der Waals surface area contributed by atoms with Crippen LogP contribution in [-0.4, -0.2) is 47.6 Å². The summed E-state index contributed by atoms with van der Waals surface area (Å²) in [6, 6.07) is 65.5. The monoisotopic (exact) mass is 860 g/mol. The smallest absolute Gasteiger partial charge is 0.164 e. The predicted molar refractivity (Wildman–Crippen MR) is 278 cm³/mol. The standard InChI is InChI=1S/C58H31B3N6O/c59-51-43(32-62)55(67-44-23-10-7-20-38(44)40-27-28-46-49(54(40)67)41-22-8-11-24-45(41)66(46)37-18-5-2-6-19-37)53(61)52(60)50(51)58-64-56(35-17-13-16-34(30-35)33-14-3-1-4-15-33)63-57(65-58)36-26-29-48-42(31-36)39-21-9-12-25-47(39)68-48/h1-31H. The molecule has 4 heterocycles. The first-order valence-corrected chi connectivity index (χ1v) is 22.2. The molecule has 6 radical (unpaired) electrons. The van der Waals surface area contributed by atoms with Crippen molar-refractivity contribution in [2.45, 2.75) is 0 Å². The summed E-state index contributed by atoms with van der Waals surface area (Å²) in [6.45, 7) is 0. The molecule has 0 amide bonds. The topological polar surface area (TPSA) is 85.5 Å². The molecule has 4 aromatic heterocycles. The minimum Gasteiger partial charge on any atom is -0.456 e. The molecule has 9 aromatic carbocycles. The van der Waals surface area contributed by atoms with Gasteiger partial charge in [0.1, 0.15) is 40.8 Å². The Morgan fingerprint density at radius 3 is 1.79 bits per heavy atom. The SMILES string of the molecule is [B]c1c([B])c(-n2c3ccccc3c3ccc4c(c5ccccc5n4-c4ccccc4)c32)c(C#N)c([B])c1-c1nc(-c2cccc(-c3ccccc3)c2)nc(-c2ccc3oc4ccccc4c3c2)n1. The first kappa shape index (κ1) is 39.4. The molecule has 0 unspecified atom stereocenters. The summed E-state index contributed by atoms with van der Waals surface area (Å²) in [5.41, 5.74) is 10.9. The van der Waals surface area contributed by atoms with E-state index in [0.29, 0.717) is 17.3 Å². The lowest BCUT2D eigenvalue weighted by atomic mass is 9.69. The Hall–Kier alpha value is -8.93. The van der Waals surface area contributed by atoms with Crippen molar-refractivity contribution in [3.05, 3.63) is 194 Å². The third-order valence-electron chi connectivity index (χ3n) is 13.1. The maximum Gasteiger partial charge on any atom is 0.164 e. The van der Waals surface area contributed by atoms with E-state index in [-0.39, 0.29) is 33.3 Å². The molecule has 13 rings (SSSR count). The molecular weight excluding hydrogens is 829 g/mol. The molecule has 7 nitrogen and oxygen atoms in total. The van der Waals surface area contributed by atoms with Gasteiger partial charge in [-0.1, -0.05) is 144 Å². The zero-order valence-electron chi connectivity index (χ0n) is 36.2. The number of aromatic nitrogens is 5. The van der Waals surface area contributed by atoms with E-state index < -0.39 is 0 Å². The van der Waals surface area contributed by atoms with Crippen LogP contribution >= 0.6 is 0 Å². The van der Waals surface area contributed by atoms with Gasteiger partial charge in [-0.05, 0) is 71.8 Å². The quantitative estimate of drug-likeness (QED) is 0.156. The van der Waals surface area contributed by atoms with Gasteiger partial charge in [0.15, 0.2) is 17.5 Å². The molecule has 0 bridgehead atoms. The van der Waals surface area contributed by atoms with Crippen LogP contribution in [0.15, 0.2) is 192 Å². The largest absolute Gasteiger partial charge is 0.456 e. The third-order valence-corrected chi connectivity index (χ3v) is 13.1. The molecule has 0 aliphatic carbocycles. The van der Waals surface area contributed by atoms with Gasteiger partial charge < -0.3 is 13.6 Å². The number of hydrogen-bond donors (Lipinski definition) is 0. The van der Waals surface area contributed by atoms with Crippen LogP contribution in [0.3, 0.4) is 0 Å². The van der Waals surface area contributed by atoms with Gasteiger partial charge in [0.2, 0.25) is 0 Å². The zero-order chi connectivity index (χ0) is 45.6. The van der Waals surface area contributed by atoms with Gasteiger partial charge in [-0.3, -0.25) is 0 Å². The summed E-state index contributed by atoms with van der Waals surface area (Å²) in [4.78, 5) is 15.3. The van der Waals surface area contributed by atoms with Crippen molar-refractivity contribution in [2.24, 2.45) is 0 Å². The van der Waals surface area contributed by atoms with Crippen molar-refractivity contribution >= 4 is 105 Å². The fourth-order valence-corrected chi connectivity index (χ4v) is 10.1. The maximum atomic E-state index is 11.3. The van der Waals surface area contributed by atoms with Crippen LogP contribution in [0.2, 0.25) is 0 Å². The first-order valence-electron chi connectivity index (χ1n) is 22.2. The Balaban J connectivity index is 1.08. The minimum atomic E-state index is 0.0939. The van der Waals surface area contributed by atoms with E-state index in [1.807, 2.05) is 121 Å². The van der Waals surface area contributed by atoms with Gasteiger partial charge in [-0.15, -0.1) is 0 Å². The first-order chi connectivity index (χ1) is 33.4. The highest BCUT2D eigenvalue weighted by Gasteiger charge is 2.27. The van der Waals surface area contributed by atoms with Crippen molar-refractivity contribution in [2.75, 3.05) is 0 Å². The number of nitriles is 1.